The van der Waals surface area contributed by atoms with E-state index in [4.69, 9.17) is 5.73 Å². The van der Waals surface area contributed by atoms with Gasteiger partial charge in [-0.25, -0.2) is 0 Å². The van der Waals surface area contributed by atoms with Gasteiger partial charge < -0.3 is 10.6 Å². The monoisotopic (exact) mass is 166 g/mol. The van der Waals surface area contributed by atoms with Crippen molar-refractivity contribution in [3.63, 3.8) is 0 Å². The molecule has 1 aliphatic heterocycles. The Morgan fingerprint density at radius 2 is 2.33 bits per heavy atom. The first kappa shape index (κ1) is 8.11. The number of nitrogens with zero attached hydrogens (tertiary/aromatic N) is 1. The summed E-state index contributed by atoms with van der Waals surface area (Å²) in [6.45, 7) is 6.07. The molecule has 0 aromatic heterocycles. The third-order valence-corrected chi connectivity index (χ3v) is 3.40. The maximum absolute atomic E-state index is 5.48. The predicted molar refractivity (Wildman–Crippen MR) is 50.7 cm³/mol. The van der Waals surface area contributed by atoms with Gasteiger partial charge in [-0.15, -0.1) is 0 Å². The van der Waals surface area contributed by atoms with Gasteiger partial charge in [0, 0.05) is 6.54 Å². The molecule has 1 spiro atoms. The molecule has 2 fully saturated rings. The first-order valence-corrected chi connectivity index (χ1v) is 4.90. The number of allylic oxidation sites excluding steroid dienone is 1. The van der Waals surface area contributed by atoms with E-state index in [0.717, 1.165) is 0 Å². The van der Waals surface area contributed by atoms with Crippen LogP contribution in [0.3, 0.4) is 0 Å². The molecule has 2 aliphatic rings. The van der Waals surface area contributed by atoms with Crippen LogP contribution in [0.25, 0.3) is 0 Å². The minimum atomic E-state index is 0.640. The van der Waals surface area contributed by atoms with Crippen molar-refractivity contribution in [2.75, 3.05) is 19.6 Å². The van der Waals surface area contributed by atoms with Gasteiger partial charge in [0.15, 0.2) is 0 Å². The quantitative estimate of drug-likeness (QED) is 0.637. The van der Waals surface area contributed by atoms with E-state index in [1.807, 2.05) is 0 Å². The summed E-state index contributed by atoms with van der Waals surface area (Å²) in [5.41, 5.74) is 7.58. The standard InChI is InChI=1S/C10H18N2/c1-2-12-4-3-10(8-12)5-9(6-10)7-11/h7H,2-6,8,11H2,1H3. The Balaban J connectivity index is 1.92. The average molecular weight is 166 g/mol. The summed E-state index contributed by atoms with van der Waals surface area (Å²) in [4.78, 5) is 2.55. The number of hydrogen-bond acceptors (Lipinski definition) is 2. The highest BCUT2D eigenvalue weighted by atomic mass is 15.2. The summed E-state index contributed by atoms with van der Waals surface area (Å²) in [7, 11) is 0. The summed E-state index contributed by atoms with van der Waals surface area (Å²) in [6.07, 6.45) is 5.72. The average Bonchev–Trinajstić information content (AvgIpc) is 2.45. The molecule has 0 radical (unpaired) electrons. The summed E-state index contributed by atoms with van der Waals surface area (Å²) in [5.74, 6) is 0. The Bertz CT molecular complexity index is 200. The lowest BCUT2D eigenvalue weighted by molar-refractivity contribution is 0.202. The lowest BCUT2D eigenvalue weighted by atomic mass is 9.65. The number of hydrogen-bond donors (Lipinski definition) is 1. The second kappa shape index (κ2) is 2.77. The van der Waals surface area contributed by atoms with E-state index >= 15 is 0 Å². The van der Waals surface area contributed by atoms with Crippen LogP contribution in [0.2, 0.25) is 0 Å². The van der Waals surface area contributed by atoms with Crippen molar-refractivity contribution in [2.24, 2.45) is 11.1 Å². The van der Waals surface area contributed by atoms with Crippen LogP contribution < -0.4 is 5.73 Å². The van der Waals surface area contributed by atoms with E-state index in [1.165, 1.54) is 44.5 Å². The van der Waals surface area contributed by atoms with Gasteiger partial charge >= 0.3 is 0 Å². The van der Waals surface area contributed by atoms with Crippen LogP contribution in [0.4, 0.5) is 0 Å². The Hall–Kier alpha value is -0.500. The molecule has 2 heteroatoms. The third kappa shape index (κ3) is 1.14. The molecule has 1 saturated heterocycles. The summed E-state index contributed by atoms with van der Waals surface area (Å²) in [5, 5.41) is 0. The Kier molecular flexibility index (Phi) is 1.87. The second-order valence-electron chi connectivity index (χ2n) is 4.30. The molecule has 0 aromatic carbocycles. The number of likely N-dealkylation sites (tertiary alicyclic amines) is 1. The van der Waals surface area contributed by atoms with Crippen LogP contribution in [0.5, 0.6) is 0 Å². The molecular weight excluding hydrogens is 148 g/mol. The molecule has 68 valence electrons. The zero-order chi connectivity index (χ0) is 8.60. The minimum absolute atomic E-state index is 0.640. The van der Waals surface area contributed by atoms with Crippen molar-refractivity contribution in [2.45, 2.75) is 26.2 Å². The predicted octanol–water partition coefficient (Wildman–Crippen LogP) is 1.33. The van der Waals surface area contributed by atoms with Crippen molar-refractivity contribution in [3.8, 4) is 0 Å². The number of nitrogens with two attached hydrogens (primary N) is 1. The van der Waals surface area contributed by atoms with Crippen LogP contribution in [0, 0.1) is 5.41 Å². The zero-order valence-corrected chi connectivity index (χ0v) is 7.84. The first-order chi connectivity index (χ1) is 5.78. The molecule has 12 heavy (non-hydrogen) atoms. The van der Waals surface area contributed by atoms with Crippen LogP contribution >= 0.6 is 0 Å². The van der Waals surface area contributed by atoms with E-state index in [-0.39, 0.29) is 0 Å². The molecule has 1 aliphatic carbocycles. The lowest BCUT2D eigenvalue weighted by Gasteiger charge is -2.40. The molecule has 2 rings (SSSR count). The highest BCUT2D eigenvalue weighted by Gasteiger charge is 2.44. The minimum Gasteiger partial charge on any atom is -0.405 e. The van der Waals surface area contributed by atoms with Crippen molar-refractivity contribution >= 4 is 0 Å². The van der Waals surface area contributed by atoms with E-state index < -0.39 is 0 Å². The van der Waals surface area contributed by atoms with Gasteiger partial charge in [-0.3, -0.25) is 0 Å². The molecule has 0 unspecified atom stereocenters. The molecule has 0 amide bonds. The largest absolute Gasteiger partial charge is 0.405 e. The van der Waals surface area contributed by atoms with E-state index in [0.29, 0.717) is 5.41 Å². The Labute approximate surface area is 74.4 Å². The third-order valence-electron chi connectivity index (χ3n) is 3.40. The molecule has 1 saturated carbocycles. The number of rotatable bonds is 1. The normalized spacial score (nSPS) is 35.6. The summed E-state index contributed by atoms with van der Waals surface area (Å²) < 4.78 is 0. The van der Waals surface area contributed by atoms with Gasteiger partial charge in [0.2, 0.25) is 0 Å². The van der Waals surface area contributed by atoms with Crippen molar-refractivity contribution in [1.82, 2.24) is 4.90 Å². The fraction of sp³-hybridized carbons (Fsp3) is 0.800. The maximum Gasteiger partial charge on any atom is 0.00445 e. The molecule has 0 aromatic rings. The van der Waals surface area contributed by atoms with E-state index in [2.05, 4.69) is 11.8 Å². The van der Waals surface area contributed by atoms with Crippen LogP contribution in [0.15, 0.2) is 11.8 Å². The van der Waals surface area contributed by atoms with Gasteiger partial charge in [-0.05, 0) is 44.0 Å². The van der Waals surface area contributed by atoms with E-state index in [1.54, 1.807) is 6.20 Å². The van der Waals surface area contributed by atoms with Crippen molar-refractivity contribution in [3.05, 3.63) is 11.8 Å². The Morgan fingerprint density at radius 1 is 1.58 bits per heavy atom. The van der Waals surface area contributed by atoms with Gasteiger partial charge in [0.1, 0.15) is 0 Å². The fourth-order valence-corrected chi connectivity index (χ4v) is 2.62. The lowest BCUT2D eigenvalue weighted by Crippen LogP contribution is -2.35. The second-order valence-corrected chi connectivity index (χ2v) is 4.30. The van der Waals surface area contributed by atoms with Gasteiger partial charge in [0.05, 0.1) is 0 Å². The molecular formula is C10H18N2. The molecule has 0 bridgehead atoms. The van der Waals surface area contributed by atoms with Crippen LogP contribution in [0.1, 0.15) is 26.2 Å². The SMILES string of the molecule is CCN1CCC2(CC(=CN)C2)C1. The Morgan fingerprint density at radius 3 is 2.83 bits per heavy atom. The molecule has 2 N–H and O–H groups in total. The van der Waals surface area contributed by atoms with Gasteiger partial charge in [0.25, 0.3) is 0 Å². The summed E-state index contributed by atoms with van der Waals surface area (Å²) >= 11 is 0. The summed E-state index contributed by atoms with van der Waals surface area (Å²) in [6, 6.07) is 0. The van der Waals surface area contributed by atoms with Crippen molar-refractivity contribution < 1.29 is 0 Å². The smallest absolute Gasteiger partial charge is 0.00445 e. The fourth-order valence-electron chi connectivity index (χ4n) is 2.62. The van der Waals surface area contributed by atoms with Gasteiger partial charge in [-0.1, -0.05) is 12.5 Å². The molecule has 1 heterocycles. The van der Waals surface area contributed by atoms with E-state index in [9.17, 15) is 0 Å². The van der Waals surface area contributed by atoms with Crippen LogP contribution in [-0.2, 0) is 0 Å². The molecule has 0 atom stereocenters. The maximum atomic E-state index is 5.48. The van der Waals surface area contributed by atoms with Crippen molar-refractivity contribution in [1.29, 1.82) is 0 Å². The van der Waals surface area contributed by atoms with Crippen LogP contribution in [-0.4, -0.2) is 24.5 Å². The zero-order valence-electron chi connectivity index (χ0n) is 7.84. The highest BCUT2D eigenvalue weighted by molar-refractivity contribution is 5.20. The topological polar surface area (TPSA) is 29.3 Å². The molecule has 2 nitrogen and oxygen atoms in total. The first-order valence-electron chi connectivity index (χ1n) is 4.90. The highest BCUT2D eigenvalue weighted by Crippen LogP contribution is 2.50. The van der Waals surface area contributed by atoms with Gasteiger partial charge in [-0.2, -0.15) is 0 Å².